The molecule has 2 atom stereocenters. The van der Waals surface area contributed by atoms with Crippen LogP contribution in [0.1, 0.15) is 28.8 Å². The number of aliphatic hydroxyl groups is 1. The van der Waals surface area contributed by atoms with Crippen LogP contribution in [0.15, 0.2) is 77.7 Å². The minimum absolute atomic E-state index is 0.0871. The summed E-state index contributed by atoms with van der Waals surface area (Å²) in [5, 5.41) is 10.1. The van der Waals surface area contributed by atoms with Crippen LogP contribution in [-0.2, 0) is 25.9 Å². The Kier molecular flexibility index (Phi) is 7.48. The van der Waals surface area contributed by atoms with Gasteiger partial charge >= 0.3 is 0 Å². The summed E-state index contributed by atoms with van der Waals surface area (Å²) in [6.45, 7) is 1.97. The number of nitrogens with one attached hydrogen (secondary N) is 1. The van der Waals surface area contributed by atoms with E-state index in [2.05, 4.69) is 16.9 Å². The summed E-state index contributed by atoms with van der Waals surface area (Å²) < 4.78 is 40.0. The van der Waals surface area contributed by atoms with Crippen molar-refractivity contribution in [2.45, 2.75) is 31.5 Å². The molecule has 0 radical (unpaired) electrons. The van der Waals surface area contributed by atoms with Crippen molar-refractivity contribution in [3.05, 3.63) is 88.9 Å². The predicted octanol–water partition coefficient (Wildman–Crippen LogP) is 3.12. The lowest BCUT2D eigenvalue weighted by Crippen LogP contribution is -2.45. The molecule has 37 heavy (non-hydrogen) atoms. The molecule has 2 unspecified atom stereocenters. The van der Waals surface area contributed by atoms with Gasteiger partial charge in [-0.2, -0.15) is 0 Å². The van der Waals surface area contributed by atoms with Crippen LogP contribution in [-0.4, -0.2) is 69.4 Å². The molecule has 2 fully saturated rings. The number of benzene rings is 2. The number of anilines is 1. The van der Waals surface area contributed by atoms with E-state index >= 15 is 0 Å². The fourth-order valence-corrected chi connectivity index (χ4v) is 6.55. The maximum atomic E-state index is 13.1. The van der Waals surface area contributed by atoms with Crippen molar-refractivity contribution in [2.75, 3.05) is 37.6 Å². The molecule has 0 spiro atoms. The second-order valence-electron chi connectivity index (χ2n) is 9.88. The van der Waals surface area contributed by atoms with Gasteiger partial charge in [0.15, 0.2) is 0 Å². The maximum Gasteiger partial charge on any atom is 0.260 e. The van der Waals surface area contributed by atoms with Crippen LogP contribution in [0, 0.1) is 5.41 Å². The van der Waals surface area contributed by atoms with Gasteiger partial charge in [-0.25, -0.2) is 8.42 Å². The molecule has 2 heterocycles. The molecule has 0 aromatic heterocycles. The summed E-state index contributed by atoms with van der Waals surface area (Å²) in [5.41, 5.74) is 1.81. The van der Waals surface area contributed by atoms with E-state index in [1.54, 1.807) is 41.3 Å². The zero-order chi connectivity index (χ0) is 25.9. The molecule has 3 aliphatic rings. The number of allylic oxidation sites excluding steroid dienone is 2. The maximum absolute atomic E-state index is 13.1. The van der Waals surface area contributed by atoms with Crippen LogP contribution in [0.25, 0.3) is 0 Å². The van der Waals surface area contributed by atoms with Crippen LogP contribution in [0.4, 0.5) is 5.69 Å². The van der Waals surface area contributed by atoms with E-state index in [4.69, 9.17) is 9.47 Å². The number of hydrogen-bond acceptors (Lipinski definition) is 6. The van der Waals surface area contributed by atoms with E-state index < -0.39 is 22.2 Å². The van der Waals surface area contributed by atoms with Crippen molar-refractivity contribution in [2.24, 2.45) is 5.41 Å². The third kappa shape index (κ3) is 5.65. The van der Waals surface area contributed by atoms with Crippen molar-refractivity contribution in [3.8, 4) is 0 Å². The highest BCUT2D eigenvalue weighted by Crippen LogP contribution is 2.35. The van der Waals surface area contributed by atoms with Gasteiger partial charge in [-0.15, -0.1) is 0 Å². The first-order valence-electron chi connectivity index (χ1n) is 12.6. The van der Waals surface area contributed by atoms with Gasteiger partial charge in [0.1, 0.15) is 12.2 Å². The van der Waals surface area contributed by atoms with Crippen LogP contribution in [0.2, 0.25) is 0 Å². The van der Waals surface area contributed by atoms with Gasteiger partial charge in [-0.3, -0.25) is 9.52 Å². The van der Waals surface area contributed by atoms with E-state index in [1.807, 2.05) is 18.2 Å². The molecule has 2 N–H and O–H groups in total. The Balaban J connectivity index is 1.21. The smallest absolute Gasteiger partial charge is 0.260 e. The average Bonchev–Trinajstić information content (AvgIpc) is 2.93. The van der Waals surface area contributed by atoms with Gasteiger partial charge in [0.05, 0.1) is 18.1 Å². The molecule has 5 rings (SSSR count). The van der Waals surface area contributed by atoms with Crippen molar-refractivity contribution in [1.29, 1.82) is 0 Å². The first-order valence-corrected chi connectivity index (χ1v) is 14.1. The summed E-state index contributed by atoms with van der Waals surface area (Å²) in [4.78, 5) is 15.1. The topological polar surface area (TPSA) is 105 Å². The highest BCUT2D eigenvalue weighted by atomic mass is 32.2. The highest BCUT2D eigenvalue weighted by Gasteiger charge is 2.37. The predicted molar refractivity (Wildman–Crippen MR) is 140 cm³/mol. The van der Waals surface area contributed by atoms with Crippen molar-refractivity contribution >= 4 is 21.6 Å². The fraction of sp³-hybridized carbons (Fsp3) is 0.393. The summed E-state index contributed by atoms with van der Waals surface area (Å²) in [6, 6.07) is 16.6. The number of rotatable bonds is 7. The third-order valence-electron chi connectivity index (χ3n) is 7.39. The van der Waals surface area contributed by atoms with E-state index in [0.717, 1.165) is 19.3 Å². The summed E-state index contributed by atoms with van der Waals surface area (Å²) >= 11 is 0. The molecule has 0 saturated carbocycles. The number of carbonyl (C=O) groups excluding carboxylic acids is 1. The summed E-state index contributed by atoms with van der Waals surface area (Å²) in [7, 11) is -3.87. The third-order valence-corrected chi connectivity index (χ3v) is 8.89. The number of hydrogen-bond donors (Lipinski definition) is 2. The largest absolute Gasteiger partial charge is 0.396 e. The van der Waals surface area contributed by atoms with Gasteiger partial charge in [0, 0.05) is 36.4 Å². The molecule has 9 heteroatoms. The minimum atomic E-state index is -3.87. The van der Waals surface area contributed by atoms with Crippen LogP contribution in [0.5, 0.6) is 0 Å². The van der Waals surface area contributed by atoms with Gasteiger partial charge in [0.2, 0.25) is 0 Å². The number of fused-ring (bicyclic) bond motifs is 1. The lowest BCUT2D eigenvalue weighted by molar-refractivity contribution is -0.103. The fourth-order valence-electron chi connectivity index (χ4n) is 5.22. The van der Waals surface area contributed by atoms with Gasteiger partial charge in [-0.05, 0) is 55.2 Å². The zero-order valence-corrected chi connectivity index (χ0v) is 21.4. The van der Waals surface area contributed by atoms with E-state index in [0.29, 0.717) is 37.6 Å². The number of aliphatic hydroxyl groups excluding tert-OH is 1. The van der Waals surface area contributed by atoms with Crippen LogP contribution >= 0.6 is 0 Å². The second kappa shape index (κ2) is 10.8. The van der Waals surface area contributed by atoms with Crippen molar-refractivity contribution < 1.29 is 27.8 Å². The molecule has 196 valence electrons. The number of piperidine rings is 1. The van der Waals surface area contributed by atoms with E-state index in [-0.39, 0.29) is 22.8 Å². The van der Waals surface area contributed by atoms with E-state index in [9.17, 15) is 18.3 Å². The average molecular weight is 525 g/mol. The molecule has 1 amide bonds. The number of sulfonamides is 1. The molecule has 2 aromatic carbocycles. The van der Waals surface area contributed by atoms with Crippen molar-refractivity contribution in [1.82, 2.24) is 4.90 Å². The first kappa shape index (κ1) is 25.7. The SMILES string of the molecule is O=C(c1ccc(NS(=O)(=O)C2=CC=CC3OCCOC23)cc1)N1CCC(CO)(Cc2ccccc2)CC1. The zero-order valence-electron chi connectivity index (χ0n) is 20.6. The Morgan fingerprint density at radius 2 is 1.73 bits per heavy atom. The molecule has 2 saturated heterocycles. The lowest BCUT2D eigenvalue weighted by Gasteiger charge is -2.41. The molecule has 0 bridgehead atoms. The number of amides is 1. The minimum Gasteiger partial charge on any atom is -0.396 e. The number of ether oxygens (including phenoxy) is 2. The molecular weight excluding hydrogens is 492 g/mol. The molecule has 8 nitrogen and oxygen atoms in total. The first-order chi connectivity index (χ1) is 17.9. The standard InChI is InChI=1S/C28H32N2O6S/c31-20-28(19-21-5-2-1-3-6-21)13-15-30(16-14-28)27(32)22-9-11-23(12-10-22)29-37(33,34)25-8-4-7-24-26(25)36-18-17-35-24/h1-12,24,26,29,31H,13-20H2. The van der Waals surface area contributed by atoms with Gasteiger partial charge in [-0.1, -0.05) is 42.5 Å². The lowest BCUT2D eigenvalue weighted by atomic mass is 9.74. The Labute approximate surface area is 217 Å². The number of likely N-dealkylation sites (tertiary alicyclic amines) is 1. The second-order valence-corrected chi connectivity index (χ2v) is 11.6. The Hall–Kier alpha value is -2.98. The van der Waals surface area contributed by atoms with E-state index in [1.165, 1.54) is 11.6 Å². The Morgan fingerprint density at radius 3 is 2.43 bits per heavy atom. The Morgan fingerprint density at radius 1 is 1.03 bits per heavy atom. The highest BCUT2D eigenvalue weighted by molar-refractivity contribution is 7.96. The van der Waals surface area contributed by atoms with Gasteiger partial charge in [0.25, 0.3) is 15.9 Å². The molecule has 2 aliphatic heterocycles. The summed E-state index contributed by atoms with van der Waals surface area (Å²) in [6.07, 6.45) is 6.10. The van der Waals surface area contributed by atoms with Gasteiger partial charge < -0.3 is 19.5 Å². The molecule has 1 aliphatic carbocycles. The number of carbonyl (C=O) groups is 1. The summed E-state index contributed by atoms with van der Waals surface area (Å²) in [5.74, 6) is -0.101. The number of nitrogens with zero attached hydrogens (tertiary/aromatic N) is 1. The molecule has 2 aromatic rings. The normalized spacial score (nSPS) is 23.2. The van der Waals surface area contributed by atoms with Crippen LogP contribution in [0.3, 0.4) is 0 Å². The monoisotopic (exact) mass is 524 g/mol. The van der Waals surface area contributed by atoms with Crippen molar-refractivity contribution in [3.63, 3.8) is 0 Å². The Bertz CT molecular complexity index is 1270. The molecular formula is C28H32N2O6S. The quantitative estimate of drug-likeness (QED) is 0.577. The van der Waals surface area contributed by atoms with Crippen LogP contribution < -0.4 is 4.72 Å².